The number of thiol groups is 1. The largest absolute Gasteiger partial charge is 0.151 e. The molecule has 1 heteroatoms. The lowest BCUT2D eigenvalue weighted by Gasteiger charge is -1.87. The predicted molar refractivity (Wildman–Crippen MR) is 42.1 cm³/mol. The van der Waals surface area contributed by atoms with Gasteiger partial charge in [0.05, 0.1) is 1.37 Å². The molecule has 0 saturated carbocycles. The van der Waals surface area contributed by atoms with Gasteiger partial charge in [0.2, 0.25) is 0 Å². The Bertz CT molecular complexity index is 125. The van der Waals surface area contributed by atoms with Gasteiger partial charge < -0.3 is 0 Å². The maximum absolute atomic E-state index is 7.11. The van der Waals surface area contributed by atoms with Crippen LogP contribution in [0.3, 0.4) is 0 Å². The molecule has 0 saturated heterocycles. The van der Waals surface area contributed by atoms with Gasteiger partial charge >= 0.3 is 0 Å². The van der Waals surface area contributed by atoms with Crippen LogP contribution in [0.15, 0.2) is 23.6 Å². The highest BCUT2D eigenvalue weighted by Gasteiger charge is 1.77. The lowest BCUT2D eigenvalue weighted by Crippen LogP contribution is -1.73. The normalized spacial score (nSPS) is 15.5. The van der Waals surface area contributed by atoms with Crippen molar-refractivity contribution in [3.63, 3.8) is 0 Å². The number of rotatable bonds is 2. The van der Waals surface area contributed by atoms with Crippen LogP contribution >= 0.6 is 12.6 Å². The molecule has 0 radical (unpaired) electrons. The summed E-state index contributed by atoms with van der Waals surface area (Å²) in [5, 5.41) is 1.47. The van der Waals surface area contributed by atoms with Crippen molar-refractivity contribution in [3.8, 4) is 0 Å². The minimum atomic E-state index is 0.451. The van der Waals surface area contributed by atoms with E-state index in [2.05, 4.69) is 26.5 Å². The van der Waals surface area contributed by atoms with E-state index in [0.29, 0.717) is 12.0 Å². The first-order valence-electron chi connectivity index (χ1n) is 3.16. The SMILES string of the molecule is [3H]C(C=CC(C)C)=CS. The Morgan fingerprint density at radius 2 is 2.25 bits per heavy atom. The summed E-state index contributed by atoms with van der Waals surface area (Å²) in [6.07, 6.45) is 3.72. The molecule has 0 amide bonds. The van der Waals surface area contributed by atoms with Crippen molar-refractivity contribution in [3.05, 3.63) is 23.6 Å². The summed E-state index contributed by atoms with van der Waals surface area (Å²) in [6.45, 7) is 4.14. The standard InChI is InChI=1S/C7H12S/c1-7(2)5-3-4-6-8/h3-8H,1-2H3/i4T. The van der Waals surface area contributed by atoms with Gasteiger partial charge in [-0.05, 0) is 11.3 Å². The van der Waals surface area contributed by atoms with Crippen molar-refractivity contribution in [2.45, 2.75) is 13.8 Å². The van der Waals surface area contributed by atoms with Crippen LogP contribution in [0.4, 0.5) is 0 Å². The zero-order valence-electron chi connectivity index (χ0n) is 6.26. The minimum Gasteiger partial charge on any atom is -0.151 e. The molecular formula is C7H12S. The van der Waals surface area contributed by atoms with Gasteiger partial charge in [0.15, 0.2) is 0 Å². The highest BCUT2D eigenvalue weighted by atomic mass is 32.1. The summed E-state index contributed by atoms with van der Waals surface area (Å²) in [7, 11) is 0. The fourth-order valence-corrected chi connectivity index (χ4v) is 0.377. The first-order chi connectivity index (χ1) is 4.16. The maximum atomic E-state index is 7.11. The zero-order valence-corrected chi connectivity index (χ0v) is 6.15. The monoisotopic (exact) mass is 130 g/mol. The molecule has 0 aliphatic carbocycles. The summed E-state index contributed by atoms with van der Waals surface area (Å²) in [5.74, 6) is 0.513. The summed E-state index contributed by atoms with van der Waals surface area (Å²) in [6, 6.07) is 0.451. The van der Waals surface area contributed by atoms with E-state index in [4.69, 9.17) is 1.37 Å². The van der Waals surface area contributed by atoms with Crippen LogP contribution in [0.2, 0.25) is 0 Å². The van der Waals surface area contributed by atoms with Gasteiger partial charge in [-0.15, -0.1) is 0 Å². The molecule has 0 aliphatic rings. The molecule has 8 heavy (non-hydrogen) atoms. The fraction of sp³-hybridized carbons (Fsp3) is 0.429. The molecule has 0 N–H and O–H groups in total. The lowest BCUT2D eigenvalue weighted by molar-refractivity contribution is 0.832. The van der Waals surface area contributed by atoms with Crippen LogP contribution in [-0.4, -0.2) is 0 Å². The van der Waals surface area contributed by atoms with Crippen molar-refractivity contribution in [1.29, 1.82) is 0 Å². The molecule has 0 heterocycles. The number of hydrogen-bond donors (Lipinski definition) is 1. The average molecular weight is 130 g/mol. The van der Waals surface area contributed by atoms with Crippen LogP contribution in [0, 0.1) is 5.92 Å². The van der Waals surface area contributed by atoms with Gasteiger partial charge in [-0.25, -0.2) is 0 Å². The van der Waals surface area contributed by atoms with Crippen LogP contribution < -0.4 is 0 Å². The zero-order chi connectivity index (χ0) is 7.28. The second-order valence-corrected chi connectivity index (χ2v) is 2.16. The van der Waals surface area contributed by atoms with Crippen LogP contribution in [0.1, 0.15) is 15.2 Å². The minimum absolute atomic E-state index is 0.451. The van der Waals surface area contributed by atoms with Gasteiger partial charge in [0.1, 0.15) is 0 Å². The maximum Gasteiger partial charge on any atom is 0.0628 e. The number of allylic oxidation sites excluding steroid dienone is 3. The van der Waals surface area contributed by atoms with E-state index < -0.39 is 0 Å². The molecule has 0 aromatic carbocycles. The third kappa shape index (κ3) is 5.83. The molecule has 0 spiro atoms. The molecule has 0 rings (SSSR count). The smallest absolute Gasteiger partial charge is 0.0628 e. The molecule has 46 valence electrons. The fourth-order valence-electron chi connectivity index (χ4n) is 0.291. The van der Waals surface area contributed by atoms with E-state index in [1.165, 1.54) is 5.41 Å². The third-order valence-electron chi connectivity index (χ3n) is 0.652. The van der Waals surface area contributed by atoms with Crippen molar-refractivity contribution in [2.75, 3.05) is 0 Å². The second-order valence-electron chi connectivity index (χ2n) is 1.90. The molecule has 0 aromatic rings. The Hall–Kier alpha value is -0.170. The number of hydrogen-bond acceptors (Lipinski definition) is 1. The second kappa shape index (κ2) is 4.98. The van der Waals surface area contributed by atoms with E-state index >= 15 is 0 Å². The molecule has 0 unspecified atom stereocenters. The Morgan fingerprint density at radius 3 is 2.62 bits per heavy atom. The molecular weight excluding hydrogens is 116 g/mol. The van der Waals surface area contributed by atoms with Crippen LogP contribution in [-0.2, 0) is 0 Å². The lowest BCUT2D eigenvalue weighted by atomic mass is 10.2. The predicted octanol–water partition coefficient (Wildman–Crippen LogP) is 2.64. The summed E-state index contributed by atoms with van der Waals surface area (Å²) < 4.78 is 7.11. The van der Waals surface area contributed by atoms with Crippen molar-refractivity contribution < 1.29 is 1.37 Å². The topological polar surface area (TPSA) is 0 Å². The molecule has 0 fully saturated rings. The summed E-state index contributed by atoms with van der Waals surface area (Å²) in [4.78, 5) is 0. The molecule has 0 atom stereocenters. The van der Waals surface area contributed by atoms with Gasteiger partial charge in [-0.1, -0.05) is 32.1 Å². The van der Waals surface area contributed by atoms with E-state index in [0.717, 1.165) is 0 Å². The van der Waals surface area contributed by atoms with E-state index in [9.17, 15) is 0 Å². The average Bonchev–Trinajstić information content (AvgIpc) is 1.83. The van der Waals surface area contributed by atoms with Crippen LogP contribution in [0.5, 0.6) is 0 Å². The van der Waals surface area contributed by atoms with E-state index in [1.807, 2.05) is 6.08 Å². The summed E-state index contributed by atoms with van der Waals surface area (Å²) >= 11 is 3.82. The van der Waals surface area contributed by atoms with Gasteiger partial charge in [-0.2, -0.15) is 12.6 Å². The van der Waals surface area contributed by atoms with Crippen LogP contribution in [0.25, 0.3) is 0 Å². The van der Waals surface area contributed by atoms with Crippen molar-refractivity contribution in [2.24, 2.45) is 5.92 Å². The Labute approximate surface area is 58.1 Å². The molecule has 0 aliphatic heterocycles. The third-order valence-corrected chi connectivity index (χ3v) is 0.801. The Morgan fingerprint density at radius 1 is 1.62 bits per heavy atom. The van der Waals surface area contributed by atoms with Gasteiger partial charge in [0.25, 0.3) is 0 Å². The van der Waals surface area contributed by atoms with Gasteiger partial charge in [-0.3, -0.25) is 0 Å². The quantitative estimate of drug-likeness (QED) is 0.431. The van der Waals surface area contributed by atoms with Crippen molar-refractivity contribution >= 4 is 12.6 Å². The Balaban J connectivity index is 3.71. The first kappa shape index (κ1) is 5.96. The highest BCUT2D eigenvalue weighted by molar-refractivity contribution is 7.83. The first-order valence-corrected chi connectivity index (χ1v) is 3.17. The highest BCUT2D eigenvalue weighted by Crippen LogP contribution is 1.93. The Kier molecular flexibility index (Phi) is 3.71. The molecule has 0 aromatic heterocycles. The van der Waals surface area contributed by atoms with Gasteiger partial charge in [0, 0.05) is 0 Å². The van der Waals surface area contributed by atoms with E-state index in [-0.39, 0.29) is 0 Å². The molecule has 0 nitrogen and oxygen atoms in total. The van der Waals surface area contributed by atoms with Crippen molar-refractivity contribution in [1.82, 2.24) is 0 Å². The molecule has 0 bridgehead atoms. The summed E-state index contributed by atoms with van der Waals surface area (Å²) in [5.41, 5.74) is 0. The van der Waals surface area contributed by atoms with E-state index in [1.54, 1.807) is 6.08 Å².